The number of rotatable bonds is 1. The molecule has 2 heteroatoms. The van der Waals surface area contributed by atoms with Crippen LogP contribution in [0.3, 0.4) is 0 Å². The lowest BCUT2D eigenvalue weighted by Crippen LogP contribution is -2.33. The van der Waals surface area contributed by atoms with Crippen molar-refractivity contribution in [2.45, 2.75) is 38.8 Å². The van der Waals surface area contributed by atoms with Gasteiger partial charge in [0.25, 0.3) is 0 Å². The number of ether oxygens (including phenoxy) is 1. The van der Waals surface area contributed by atoms with Crippen LogP contribution in [-0.4, -0.2) is 17.5 Å². The lowest BCUT2D eigenvalue weighted by Gasteiger charge is -2.30. The van der Waals surface area contributed by atoms with Crippen molar-refractivity contribution >= 4 is 5.90 Å². The Labute approximate surface area is 68.0 Å². The molecule has 0 amide bonds. The van der Waals surface area contributed by atoms with Gasteiger partial charge in [-0.2, -0.15) is 0 Å². The van der Waals surface area contributed by atoms with Gasteiger partial charge in [-0.1, -0.05) is 6.58 Å². The maximum absolute atomic E-state index is 5.40. The first-order valence-corrected chi connectivity index (χ1v) is 3.92. The lowest BCUT2D eigenvalue weighted by molar-refractivity contribution is 0.147. The van der Waals surface area contributed by atoms with Gasteiger partial charge in [0.15, 0.2) is 0 Å². The van der Waals surface area contributed by atoms with Crippen LogP contribution >= 0.6 is 0 Å². The lowest BCUT2D eigenvalue weighted by atomic mass is 9.97. The highest BCUT2D eigenvalue weighted by Crippen LogP contribution is 2.23. The van der Waals surface area contributed by atoms with Crippen molar-refractivity contribution in [3.8, 4) is 0 Å². The maximum atomic E-state index is 5.40. The molecule has 0 unspecified atom stereocenters. The molecule has 0 aromatic carbocycles. The summed E-state index contributed by atoms with van der Waals surface area (Å²) in [6.07, 6.45) is 2.90. The standard InChI is InChI=1S/C9H15NO/c1-5-8-10-9(3,4)6-7(2)11-8/h5,7H,1,6H2,2-4H3/t7-/m1/s1. The van der Waals surface area contributed by atoms with E-state index in [1.165, 1.54) is 0 Å². The smallest absolute Gasteiger partial charge is 0.208 e. The second kappa shape index (κ2) is 2.68. The van der Waals surface area contributed by atoms with Crippen LogP contribution in [0.2, 0.25) is 0 Å². The zero-order valence-electron chi connectivity index (χ0n) is 7.42. The third kappa shape index (κ3) is 2.07. The molecule has 1 rings (SSSR count). The van der Waals surface area contributed by atoms with Crippen molar-refractivity contribution in [1.82, 2.24) is 0 Å². The minimum absolute atomic E-state index is 0.0151. The van der Waals surface area contributed by atoms with Crippen LogP contribution in [0.5, 0.6) is 0 Å². The third-order valence-corrected chi connectivity index (χ3v) is 1.70. The molecule has 0 N–H and O–H groups in total. The van der Waals surface area contributed by atoms with E-state index in [0.29, 0.717) is 5.90 Å². The zero-order valence-corrected chi connectivity index (χ0v) is 7.42. The molecule has 1 aliphatic rings. The van der Waals surface area contributed by atoms with Crippen LogP contribution in [0.1, 0.15) is 27.2 Å². The van der Waals surface area contributed by atoms with Crippen molar-refractivity contribution in [2.24, 2.45) is 4.99 Å². The monoisotopic (exact) mass is 153 g/mol. The highest BCUT2D eigenvalue weighted by atomic mass is 16.5. The first kappa shape index (κ1) is 8.31. The van der Waals surface area contributed by atoms with Crippen molar-refractivity contribution in [1.29, 1.82) is 0 Å². The van der Waals surface area contributed by atoms with E-state index in [1.54, 1.807) is 6.08 Å². The number of nitrogens with zero attached hydrogens (tertiary/aromatic N) is 1. The van der Waals surface area contributed by atoms with E-state index in [1.807, 2.05) is 0 Å². The topological polar surface area (TPSA) is 21.6 Å². The van der Waals surface area contributed by atoms with E-state index in [9.17, 15) is 0 Å². The molecule has 0 aliphatic carbocycles. The summed E-state index contributed by atoms with van der Waals surface area (Å²) in [5, 5.41) is 0. The molecule has 1 aliphatic heterocycles. The maximum Gasteiger partial charge on any atom is 0.208 e. The van der Waals surface area contributed by atoms with Crippen LogP contribution < -0.4 is 0 Å². The minimum Gasteiger partial charge on any atom is -0.475 e. The van der Waals surface area contributed by atoms with E-state index in [4.69, 9.17) is 4.74 Å². The Morgan fingerprint density at radius 2 is 2.36 bits per heavy atom. The highest BCUT2D eigenvalue weighted by Gasteiger charge is 2.26. The number of hydrogen-bond acceptors (Lipinski definition) is 2. The molecule has 0 radical (unpaired) electrons. The zero-order chi connectivity index (χ0) is 8.48. The Morgan fingerprint density at radius 1 is 1.73 bits per heavy atom. The fourth-order valence-corrected chi connectivity index (χ4v) is 1.42. The Kier molecular flexibility index (Phi) is 2.03. The molecular weight excluding hydrogens is 138 g/mol. The molecule has 62 valence electrons. The number of hydrogen-bond donors (Lipinski definition) is 0. The highest BCUT2D eigenvalue weighted by molar-refractivity contribution is 5.87. The van der Waals surface area contributed by atoms with E-state index in [0.717, 1.165) is 6.42 Å². The molecule has 0 spiro atoms. The molecule has 0 aromatic rings. The summed E-state index contributed by atoms with van der Waals surface area (Å²) in [7, 11) is 0. The van der Waals surface area contributed by atoms with Crippen molar-refractivity contribution in [3.63, 3.8) is 0 Å². The van der Waals surface area contributed by atoms with Gasteiger partial charge in [0, 0.05) is 6.42 Å². The van der Waals surface area contributed by atoms with E-state index in [2.05, 4.69) is 32.3 Å². The summed E-state index contributed by atoms with van der Waals surface area (Å²) in [4.78, 5) is 4.36. The molecule has 11 heavy (non-hydrogen) atoms. The second-order valence-corrected chi connectivity index (χ2v) is 3.60. The molecular formula is C9H15NO. The fourth-order valence-electron chi connectivity index (χ4n) is 1.42. The third-order valence-electron chi connectivity index (χ3n) is 1.70. The van der Waals surface area contributed by atoms with E-state index in [-0.39, 0.29) is 11.6 Å². The molecule has 0 fully saturated rings. The Balaban J connectivity index is 2.81. The van der Waals surface area contributed by atoms with Crippen molar-refractivity contribution in [2.75, 3.05) is 0 Å². The van der Waals surface area contributed by atoms with Gasteiger partial charge < -0.3 is 4.74 Å². The van der Waals surface area contributed by atoms with Gasteiger partial charge in [-0.05, 0) is 26.8 Å². The normalized spacial score (nSPS) is 28.6. The van der Waals surface area contributed by atoms with Gasteiger partial charge >= 0.3 is 0 Å². The van der Waals surface area contributed by atoms with Gasteiger partial charge in [0.2, 0.25) is 5.90 Å². The minimum atomic E-state index is 0.0151. The fraction of sp³-hybridized carbons (Fsp3) is 0.667. The van der Waals surface area contributed by atoms with Gasteiger partial charge in [0.05, 0.1) is 11.6 Å². The van der Waals surface area contributed by atoms with Crippen molar-refractivity contribution in [3.05, 3.63) is 12.7 Å². The van der Waals surface area contributed by atoms with Crippen LogP contribution in [0.4, 0.5) is 0 Å². The Morgan fingerprint density at radius 3 is 2.82 bits per heavy atom. The van der Waals surface area contributed by atoms with Crippen LogP contribution in [0.15, 0.2) is 17.6 Å². The summed E-state index contributed by atoms with van der Waals surface area (Å²) in [5.41, 5.74) is 0.0151. The summed E-state index contributed by atoms with van der Waals surface area (Å²) < 4.78 is 5.40. The Hall–Kier alpha value is -0.790. The van der Waals surface area contributed by atoms with Crippen molar-refractivity contribution < 1.29 is 4.74 Å². The molecule has 0 saturated carbocycles. The molecule has 0 bridgehead atoms. The predicted molar refractivity (Wildman–Crippen MR) is 46.9 cm³/mol. The van der Waals surface area contributed by atoms with E-state index >= 15 is 0 Å². The molecule has 0 aromatic heterocycles. The molecule has 2 nitrogen and oxygen atoms in total. The number of aliphatic imine (C=N–C) groups is 1. The summed E-state index contributed by atoms with van der Waals surface area (Å²) >= 11 is 0. The summed E-state index contributed by atoms with van der Waals surface area (Å²) in [5.74, 6) is 0.675. The van der Waals surface area contributed by atoms with E-state index < -0.39 is 0 Å². The van der Waals surface area contributed by atoms with Crippen LogP contribution in [0.25, 0.3) is 0 Å². The molecule has 0 saturated heterocycles. The van der Waals surface area contributed by atoms with Crippen LogP contribution in [0, 0.1) is 0 Å². The Bertz CT molecular complexity index is 194. The second-order valence-electron chi connectivity index (χ2n) is 3.60. The van der Waals surface area contributed by atoms with Gasteiger partial charge in [-0.15, -0.1) is 0 Å². The van der Waals surface area contributed by atoms with Crippen LogP contribution in [-0.2, 0) is 4.74 Å². The average molecular weight is 153 g/mol. The SMILES string of the molecule is C=CC1=NC(C)(C)C[C@@H](C)O1. The van der Waals surface area contributed by atoms with Gasteiger partial charge in [0.1, 0.15) is 0 Å². The average Bonchev–Trinajstić information content (AvgIpc) is 1.83. The van der Waals surface area contributed by atoms with Gasteiger partial charge in [-0.3, -0.25) is 0 Å². The first-order valence-electron chi connectivity index (χ1n) is 3.92. The first-order chi connectivity index (χ1) is 5.03. The summed E-state index contributed by atoms with van der Waals surface area (Å²) in [6.45, 7) is 9.90. The quantitative estimate of drug-likeness (QED) is 0.565. The molecule has 1 heterocycles. The molecule has 1 atom stereocenters. The predicted octanol–water partition coefficient (Wildman–Crippen LogP) is 2.16. The van der Waals surface area contributed by atoms with Gasteiger partial charge in [-0.25, -0.2) is 4.99 Å². The summed E-state index contributed by atoms with van der Waals surface area (Å²) in [6, 6.07) is 0. The largest absolute Gasteiger partial charge is 0.475 e.